The van der Waals surface area contributed by atoms with Crippen molar-refractivity contribution in [2.24, 2.45) is 22.7 Å². The van der Waals surface area contributed by atoms with Crippen LogP contribution >= 0.6 is 0 Å². The molecule has 2 aliphatic carbocycles. The first kappa shape index (κ1) is 20.0. The van der Waals surface area contributed by atoms with Crippen LogP contribution in [0.4, 0.5) is 0 Å². The molecule has 0 amide bonds. The summed E-state index contributed by atoms with van der Waals surface area (Å²) >= 11 is 0. The first-order valence-electron chi connectivity index (χ1n) is 8.83. The highest BCUT2D eigenvalue weighted by Crippen LogP contribution is 2.60. The maximum atomic E-state index is 13.1. The van der Waals surface area contributed by atoms with Crippen molar-refractivity contribution in [3.63, 3.8) is 0 Å². The van der Waals surface area contributed by atoms with Gasteiger partial charge in [0.15, 0.2) is 11.6 Å². The molecule has 0 aromatic carbocycles. The molecular weight excluding hydrogens is 320 g/mol. The number of carbonyl (C=O) groups excluding carboxylic acids is 2. The molecule has 0 aromatic rings. The van der Waals surface area contributed by atoms with E-state index in [1.165, 1.54) is 0 Å². The van der Waals surface area contributed by atoms with Crippen LogP contribution in [0.2, 0.25) is 0 Å². The Hall–Kier alpha value is -1.30. The Morgan fingerprint density at radius 1 is 1.40 bits per heavy atom. The standard InChI is InChI=1S/C20H30O5/c1-7-11(2)8-16(23)20(25)12(3)13(21)9-15-18(4,5)10-14(22)17(24)19(15,20)6/h7,9,11-13,17,21,24-25H,1,8,10H2,2-6H3/t11-,12+,13-,17-,19-,20-/m1/s1. The molecule has 2 aliphatic rings. The molecule has 3 N–H and O–H groups in total. The Bertz CT molecular complexity index is 634. The van der Waals surface area contributed by atoms with E-state index in [0.29, 0.717) is 5.57 Å². The summed E-state index contributed by atoms with van der Waals surface area (Å²) < 4.78 is 0. The van der Waals surface area contributed by atoms with Gasteiger partial charge in [-0.25, -0.2) is 0 Å². The lowest BCUT2D eigenvalue weighted by Crippen LogP contribution is -2.70. The molecule has 5 nitrogen and oxygen atoms in total. The van der Waals surface area contributed by atoms with E-state index in [4.69, 9.17) is 0 Å². The molecule has 0 saturated heterocycles. The Morgan fingerprint density at radius 2 is 1.96 bits per heavy atom. The van der Waals surface area contributed by atoms with Crippen LogP contribution in [0.1, 0.15) is 47.5 Å². The van der Waals surface area contributed by atoms with Crippen molar-refractivity contribution in [2.45, 2.75) is 65.3 Å². The summed E-state index contributed by atoms with van der Waals surface area (Å²) in [5, 5.41) is 32.9. The topological polar surface area (TPSA) is 94.8 Å². The number of Topliss-reactive ketones (excluding diaryl/α,β-unsaturated/α-hetero) is 2. The number of allylic oxidation sites excluding steroid dienone is 1. The average Bonchev–Trinajstić information content (AvgIpc) is 2.53. The van der Waals surface area contributed by atoms with E-state index in [0.717, 1.165) is 0 Å². The van der Waals surface area contributed by atoms with Gasteiger partial charge in [0, 0.05) is 18.8 Å². The molecule has 0 spiro atoms. The molecule has 0 bridgehead atoms. The maximum absolute atomic E-state index is 13.1. The molecule has 1 fully saturated rings. The van der Waals surface area contributed by atoms with Gasteiger partial charge in [0.25, 0.3) is 0 Å². The highest BCUT2D eigenvalue weighted by Gasteiger charge is 2.68. The number of hydrogen-bond donors (Lipinski definition) is 3. The van der Waals surface area contributed by atoms with E-state index in [-0.39, 0.29) is 18.8 Å². The van der Waals surface area contributed by atoms with Crippen LogP contribution in [-0.2, 0) is 9.59 Å². The lowest BCUT2D eigenvalue weighted by atomic mass is 9.46. The van der Waals surface area contributed by atoms with Gasteiger partial charge in [0.1, 0.15) is 11.7 Å². The zero-order valence-electron chi connectivity index (χ0n) is 15.7. The fourth-order valence-electron chi connectivity index (χ4n) is 4.72. The van der Waals surface area contributed by atoms with Crippen molar-refractivity contribution < 1.29 is 24.9 Å². The predicted molar refractivity (Wildman–Crippen MR) is 94.7 cm³/mol. The maximum Gasteiger partial charge on any atom is 0.166 e. The van der Waals surface area contributed by atoms with Crippen LogP contribution in [-0.4, -0.2) is 44.7 Å². The highest BCUT2D eigenvalue weighted by molar-refractivity contribution is 5.94. The third-order valence-corrected chi connectivity index (χ3v) is 6.39. The van der Waals surface area contributed by atoms with Crippen molar-refractivity contribution in [3.05, 3.63) is 24.3 Å². The summed E-state index contributed by atoms with van der Waals surface area (Å²) in [6, 6.07) is 0. The van der Waals surface area contributed by atoms with Gasteiger partial charge >= 0.3 is 0 Å². The molecule has 0 unspecified atom stereocenters. The lowest BCUT2D eigenvalue weighted by Gasteiger charge is -2.59. The molecule has 1 saturated carbocycles. The fourth-order valence-corrected chi connectivity index (χ4v) is 4.72. The first-order chi connectivity index (χ1) is 11.3. The van der Waals surface area contributed by atoms with Gasteiger partial charge in [-0.3, -0.25) is 9.59 Å². The van der Waals surface area contributed by atoms with Crippen molar-refractivity contribution in [2.75, 3.05) is 0 Å². The van der Waals surface area contributed by atoms with Crippen LogP contribution in [0.25, 0.3) is 0 Å². The van der Waals surface area contributed by atoms with E-state index in [2.05, 4.69) is 6.58 Å². The van der Waals surface area contributed by atoms with E-state index in [1.807, 2.05) is 20.8 Å². The normalized spacial score (nSPS) is 41.5. The summed E-state index contributed by atoms with van der Waals surface area (Å²) in [7, 11) is 0. The molecule has 0 heterocycles. The molecular formula is C20H30O5. The number of fused-ring (bicyclic) bond motifs is 1. The Labute approximate surface area is 149 Å². The Kier molecular flexibility index (Phi) is 4.92. The van der Waals surface area contributed by atoms with E-state index >= 15 is 0 Å². The number of carbonyl (C=O) groups is 2. The van der Waals surface area contributed by atoms with Gasteiger partial charge in [-0.15, -0.1) is 6.58 Å². The minimum Gasteiger partial charge on any atom is -0.389 e. The van der Waals surface area contributed by atoms with E-state index in [9.17, 15) is 24.9 Å². The van der Waals surface area contributed by atoms with Gasteiger partial charge in [-0.05, 0) is 18.3 Å². The molecule has 140 valence electrons. The van der Waals surface area contributed by atoms with Crippen molar-refractivity contribution in [1.29, 1.82) is 0 Å². The van der Waals surface area contributed by atoms with E-state index < -0.39 is 46.1 Å². The van der Waals surface area contributed by atoms with Gasteiger partial charge in [0.05, 0.1) is 11.5 Å². The fraction of sp³-hybridized carbons (Fsp3) is 0.700. The molecule has 5 heteroatoms. The lowest BCUT2D eigenvalue weighted by molar-refractivity contribution is -0.195. The van der Waals surface area contributed by atoms with Crippen molar-refractivity contribution >= 4 is 11.6 Å². The summed E-state index contributed by atoms with van der Waals surface area (Å²) in [5.41, 5.74) is -3.60. The number of rotatable bonds is 4. The summed E-state index contributed by atoms with van der Waals surface area (Å²) in [6.45, 7) is 12.3. The third kappa shape index (κ3) is 2.64. The molecule has 0 radical (unpaired) electrons. The number of aliphatic hydroxyl groups is 3. The quantitative estimate of drug-likeness (QED) is 0.672. The second kappa shape index (κ2) is 6.15. The monoisotopic (exact) mass is 350 g/mol. The summed E-state index contributed by atoms with van der Waals surface area (Å²) in [4.78, 5) is 25.6. The Morgan fingerprint density at radius 3 is 2.48 bits per heavy atom. The second-order valence-corrected chi connectivity index (χ2v) is 8.60. The van der Waals surface area contributed by atoms with Crippen LogP contribution in [0.5, 0.6) is 0 Å². The molecule has 25 heavy (non-hydrogen) atoms. The van der Waals surface area contributed by atoms with Gasteiger partial charge in [-0.1, -0.05) is 45.4 Å². The number of hydrogen-bond acceptors (Lipinski definition) is 5. The van der Waals surface area contributed by atoms with Crippen molar-refractivity contribution in [1.82, 2.24) is 0 Å². The smallest absolute Gasteiger partial charge is 0.166 e. The third-order valence-electron chi connectivity index (χ3n) is 6.39. The van der Waals surface area contributed by atoms with Crippen LogP contribution in [0.3, 0.4) is 0 Å². The predicted octanol–water partition coefficient (Wildman–Crippen LogP) is 1.80. The average molecular weight is 350 g/mol. The largest absolute Gasteiger partial charge is 0.389 e. The van der Waals surface area contributed by atoms with Gasteiger partial charge in [0.2, 0.25) is 0 Å². The zero-order valence-corrected chi connectivity index (χ0v) is 15.7. The molecule has 0 aromatic heterocycles. The first-order valence-corrected chi connectivity index (χ1v) is 8.83. The number of aliphatic hydroxyl groups excluding tert-OH is 2. The summed E-state index contributed by atoms with van der Waals surface area (Å²) in [5.74, 6) is -1.88. The van der Waals surface area contributed by atoms with Crippen LogP contribution < -0.4 is 0 Å². The molecule has 0 aliphatic heterocycles. The van der Waals surface area contributed by atoms with Crippen molar-refractivity contribution in [3.8, 4) is 0 Å². The minimum atomic E-state index is -2.04. The highest BCUT2D eigenvalue weighted by atomic mass is 16.3. The van der Waals surface area contributed by atoms with Gasteiger partial charge in [-0.2, -0.15) is 0 Å². The molecule has 6 atom stereocenters. The van der Waals surface area contributed by atoms with E-state index in [1.54, 1.807) is 26.0 Å². The number of ketones is 2. The minimum absolute atomic E-state index is 0.0290. The van der Waals surface area contributed by atoms with Crippen LogP contribution in [0.15, 0.2) is 24.3 Å². The summed E-state index contributed by atoms with van der Waals surface area (Å²) in [6.07, 6.45) is 0.839. The van der Waals surface area contributed by atoms with Gasteiger partial charge < -0.3 is 15.3 Å². The second-order valence-electron chi connectivity index (χ2n) is 8.60. The van der Waals surface area contributed by atoms with Crippen LogP contribution in [0, 0.1) is 22.7 Å². The SMILES string of the molecule is C=C[C@@H](C)CC(=O)[C@]1(O)[C@@H](C)[C@H](O)C=C2C(C)(C)CC(=O)[C@@H](O)[C@@]21C. The molecule has 2 rings (SSSR count). The Balaban J connectivity index is 2.70. The zero-order chi connectivity index (χ0) is 19.4.